The average Bonchev–Trinajstić information content (AvgIpc) is 2.82. The smallest absolute Gasteiger partial charge is 0.159 e. The molecule has 1 aliphatic rings. The van der Waals surface area contributed by atoms with E-state index in [4.69, 9.17) is 4.74 Å². The summed E-state index contributed by atoms with van der Waals surface area (Å²) in [6.07, 6.45) is 0. The van der Waals surface area contributed by atoms with Crippen LogP contribution in [0.15, 0.2) is 72.8 Å². The lowest BCUT2D eigenvalue weighted by atomic mass is 9.92. The van der Waals surface area contributed by atoms with E-state index in [1.165, 1.54) is 0 Å². The van der Waals surface area contributed by atoms with Gasteiger partial charge in [0.1, 0.15) is 11.5 Å². The van der Waals surface area contributed by atoms with Gasteiger partial charge in [0.2, 0.25) is 0 Å². The van der Waals surface area contributed by atoms with Crippen molar-refractivity contribution in [3.05, 3.63) is 95.1 Å². The van der Waals surface area contributed by atoms with Crippen molar-refractivity contribution in [3.8, 4) is 11.5 Å². The molecule has 3 aromatic carbocycles. The zero-order chi connectivity index (χ0) is 24.2. The normalized spacial score (nSPS) is 20.1. The molecule has 3 atom stereocenters. The topological polar surface area (TPSA) is 53.0 Å². The third-order valence-electron chi connectivity index (χ3n) is 6.81. The molecule has 5 heteroatoms. The van der Waals surface area contributed by atoms with Crippen LogP contribution in [0.3, 0.4) is 0 Å². The Hall–Kier alpha value is -3.15. The molecule has 4 rings (SSSR count). The Labute approximate surface area is 202 Å². The Balaban J connectivity index is 1.66. The van der Waals surface area contributed by atoms with Crippen LogP contribution in [0.5, 0.6) is 11.5 Å². The van der Waals surface area contributed by atoms with E-state index < -0.39 is 0 Å². The minimum Gasteiger partial charge on any atom is -0.508 e. The van der Waals surface area contributed by atoms with E-state index in [1.54, 1.807) is 20.1 Å². The van der Waals surface area contributed by atoms with E-state index in [-0.39, 0.29) is 17.9 Å². The molecule has 0 saturated carbocycles. The van der Waals surface area contributed by atoms with Crippen molar-refractivity contribution >= 4 is 5.78 Å². The molecule has 34 heavy (non-hydrogen) atoms. The molecule has 1 aliphatic heterocycles. The lowest BCUT2D eigenvalue weighted by Crippen LogP contribution is -2.56. The zero-order valence-electron chi connectivity index (χ0n) is 20.4. The van der Waals surface area contributed by atoms with Gasteiger partial charge in [0.25, 0.3) is 0 Å². The molecule has 1 heterocycles. The first-order valence-electron chi connectivity index (χ1n) is 11.9. The lowest BCUT2D eigenvalue weighted by molar-refractivity contribution is 0.0194. The Bertz CT molecular complexity index is 1150. The van der Waals surface area contributed by atoms with Gasteiger partial charge in [-0.2, -0.15) is 0 Å². The number of Topliss-reactive ketones (excluding diaryl/α,β-unsaturated/α-hetero) is 1. The number of benzene rings is 3. The Morgan fingerprint density at radius 3 is 2.38 bits per heavy atom. The number of piperazine rings is 1. The first-order chi connectivity index (χ1) is 16.4. The summed E-state index contributed by atoms with van der Waals surface area (Å²) in [5.74, 6) is 1.21. The second-order valence-corrected chi connectivity index (χ2v) is 9.35. The molecule has 0 amide bonds. The number of hydrogen-bond acceptors (Lipinski definition) is 5. The number of phenolic OH excluding ortho intramolecular Hbond substituents is 1. The number of hydrogen-bond donors (Lipinski definition) is 1. The minimum atomic E-state index is 0.00905. The Morgan fingerprint density at radius 1 is 0.971 bits per heavy atom. The average molecular weight is 459 g/mol. The first-order valence-corrected chi connectivity index (χ1v) is 11.9. The quantitative estimate of drug-likeness (QED) is 0.488. The molecule has 0 aromatic heterocycles. The molecule has 178 valence electrons. The number of methoxy groups -OCH3 is 1. The molecule has 0 unspecified atom stereocenters. The summed E-state index contributed by atoms with van der Waals surface area (Å²) in [5.41, 5.74) is 4.11. The highest BCUT2D eigenvalue weighted by Gasteiger charge is 2.35. The van der Waals surface area contributed by atoms with E-state index in [0.717, 1.165) is 47.6 Å². The lowest BCUT2D eigenvalue weighted by Gasteiger charge is -2.47. The molecule has 5 nitrogen and oxygen atoms in total. The summed E-state index contributed by atoms with van der Waals surface area (Å²) < 4.78 is 5.53. The monoisotopic (exact) mass is 458 g/mol. The van der Waals surface area contributed by atoms with Gasteiger partial charge in [0, 0.05) is 37.3 Å². The van der Waals surface area contributed by atoms with Crippen molar-refractivity contribution in [3.63, 3.8) is 0 Å². The second kappa shape index (κ2) is 10.4. The summed E-state index contributed by atoms with van der Waals surface area (Å²) in [6.45, 7) is 8.73. The molecular weight excluding hydrogens is 424 g/mol. The van der Waals surface area contributed by atoms with Gasteiger partial charge in [-0.05, 0) is 67.8 Å². The number of aromatic hydroxyl groups is 1. The van der Waals surface area contributed by atoms with E-state index in [2.05, 4.69) is 47.9 Å². The fourth-order valence-electron chi connectivity index (χ4n) is 5.01. The molecule has 3 aromatic rings. The fourth-order valence-corrected chi connectivity index (χ4v) is 5.01. The Morgan fingerprint density at radius 2 is 1.68 bits per heavy atom. The van der Waals surface area contributed by atoms with Crippen LogP contribution in [0.1, 0.15) is 53.9 Å². The van der Waals surface area contributed by atoms with Crippen LogP contribution in [0, 0.1) is 0 Å². The van der Waals surface area contributed by atoms with E-state index >= 15 is 0 Å². The van der Waals surface area contributed by atoms with Crippen molar-refractivity contribution < 1.29 is 14.6 Å². The van der Waals surface area contributed by atoms with Crippen molar-refractivity contribution in [2.75, 3.05) is 20.2 Å². The Kier molecular flexibility index (Phi) is 7.35. The molecule has 0 bridgehead atoms. The predicted molar refractivity (Wildman–Crippen MR) is 135 cm³/mol. The number of ketones is 1. The summed E-state index contributed by atoms with van der Waals surface area (Å²) in [5, 5.41) is 9.87. The number of phenols is 1. The third kappa shape index (κ3) is 5.32. The van der Waals surface area contributed by atoms with Gasteiger partial charge >= 0.3 is 0 Å². The number of nitrogens with zero attached hydrogens (tertiary/aromatic N) is 2. The van der Waals surface area contributed by atoms with Crippen LogP contribution in [-0.2, 0) is 6.54 Å². The van der Waals surface area contributed by atoms with Gasteiger partial charge in [-0.3, -0.25) is 14.6 Å². The SMILES string of the molecule is COc1cccc([C@@H](c2cccc(C(C)=O)c2)N2C[C@@H](C)N(Cc3cccc(O)c3)C[C@@H]2C)c1. The van der Waals surface area contributed by atoms with Gasteiger partial charge in [-0.1, -0.05) is 42.5 Å². The maximum atomic E-state index is 12.1. The molecule has 0 radical (unpaired) electrons. The number of ether oxygens (including phenoxy) is 1. The van der Waals surface area contributed by atoms with Gasteiger partial charge in [0.05, 0.1) is 13.2 Å². The molecular formula is C29H34N2O3. The van der Waals surface area contributed by atoms with Crippen molar-refractivity contribution in [1.82, 2.24) is 9.80 Å². The molecule has 0 aliphatic carbocycles. The number of rotatable bonds is 7. The van der Waals surface area contributed by atoms with Gasteiger partial charge in [-0.15, -0.1) is 0 Å². The van der Waals surface area contributed by atoms with Crippen molar-refractivity contribution in [2.24, 2.45) is 0 Å². The van der Waals surface area contributed by atoms with Crippen LogP contribution in [0.25, 0.3) is 0 Å². The fraction of sp³-hybridized carbons (Fsp3) is 0.345. The zero-order valence-corrected chi connectivity index (χ0v) is 20.4. The van der Waals surface area contributed by atoms with Crippen LogP contribution in [0.2, 0.25) is 0 Å². The van der Waals surface area contributed by atoms with E-state index in [9.17, 15) is 9.90 Å². The summed E-state index contributed by atoms with van der Waals surface area (Å²) >= 11 is 0. The van der Waals surface area contributed by atoms with Crippen molar-refractivity contribution in [2.45, 2.75) is 45.4 Å². The standard InChI is InChI=1S/C29H34N2O3/c1-20-18-31(21(2)17-30(20)19-23-8-5-12-27(33)14-23)29(26-11-7-13-28(16-26)34-4)25-10-6-9-24(15-25)22(3)32/h5-16,20-21,29,33H,17-19H2,1-4H3/t20-,21+,29-/m1/s1. The van der Waals surface area contributed by atoms with Crippen LogP contribution in [0.4, 0.5) is 0 Å². The maximum Gasteiger partial charge on any atom is 0.159 e. The summed E-state index contributed by atoms with van der Waals surface area (Å²) in [4.78, 5) is 17.1. The second-order valence-electron chi connectivity index (χ2n) is 9.35. The largest absolute Gasteiger partial charge is 0.508 e. The highest BCUT2D eigenvalue weighted by molar-refractivity contribution is 5.94. The van der Waals surface area contributed by atoms with Gasteiger partial charge in [0.15, 0.2) is 5.78 Å². The molecule has 1 N–H and O–H groups in total. The first kappa shape index (κ1) is 24.0. The highest BCUT2D eigenvalue weighted by Crippen LogP contribution is 2.35. The van der Waals surface area contributed by atoms with Crippen molar-refractivity contribution in [1.29, 1.82) is 0 Å². The third-order valence-corrected chi connectivity index (χ3v) is 6.81. The predicted octanol–water partition coefficient (Wildman–Crippen LogP) is 5.29. The number of carbonyl (C=O) groups is 1. The van der Waals surface area contributed by atoms with Gasteiger partial charge in [-0.25, -0.2) is 0 Å². The summed E-state index contributed by atoms with van der Waals surface area (Å²) in [7, 11) is 1.69. The van der Waals surface area contributed by atoms with E-state index in [1.807, 2.05) is 42.5 Å². The summed E-state index contributed by atoms with van der Waals surface area (Å²) in [6, 6.07) is 24.4. The van der Waals surface area contributed by atoms with Crippen LogP contribution >= 0.6 is 0 Å². The highest BCUT2D eigenvalue weighted by atomic mass is 16.5. The molecule has 1 saturated heterocycles. The van der Waals surface area contributed by atoms with Gasteiger partial charge < -0.3 is 9.84 Å². The molecule has 1 fully saturated rings. The number of carbonyl (C=O) groups excluding carboxylic acids is 1. The van der Waals surface area contributed by atoms with Crippen LogP contribution < -0.4 is 4.74 Å². The van der Waals surface area contributed by atoms with E-state index in [0.29, 0.717) is 11.8 Å². The maximum absolute atomic E-state index is 12.1. The minimum absolute atomic E-state index is 0.00905. The molecule has 0 spiro atoms. The van der Waals surface area contributed by atoms with Crippen LogP contribution in [-0.4, -0.2) is 53.0 Å².